The first-order chi connectivity index (χ1) is 5.52. The summed E-state index contributed by atoms with van der Waals surface area (Å²) in [6.45, 7) is 10.4. The van der Waals surface area contributed by atoms with Crippen molar-refractivity contribution in [3.63, 3.8) is 0 Å². The summed E-state index contributed by atoms with van der Waals surface area (Å²) in [7, 11) is 0. The minimum Gasteiger partial charge on any atom is -0.445 e. The molecule has 0 saturated heterocycles. The third-order valence-electron chi connectivity index (χ3n) is 1.86. The van der Waals surface area contributed by atoms with Gasteiger partial charge in [0.25, 0.3) is 0 Å². The van der Waals surface area contributed by atoms with Gasteiger partial charge < -0.3 is 4.42 Å². The third-order valence-corrected chi connectivity index (χ3v) is 1.86. The number of aromatic nitrogens is 1. The molecule has 0 amide bonds. The maximum Gasteiger partial charge on any atom is 0.191 e. The highest BCUT2D eigenvalue weighted by molar-refractivity contribution is 5.16. The number of aryl methyl sites for hydroxylation is 1. The molecule has 0 radical (unpaired) electrons. The maximum atomic E-state index is 5.53. The van der Waals surface area contributed by atoms with Crippen LogP contribution in [0.25, 0.3) is 0 Å². The molecule has 12 heavy (non-hydrogen) atoms. The Morgan fingerprint density at radius 1 is 1.08 bits per heavy atom. The van der Waals surface area contributed by atoms with Crippen LogP contribution in [0.15, 0.2) is 4.42 Å². The Morgan fingerprint density at radius 2 is 1.67 bits per heavy atom. The van der Waals surface area contributed by atoms with Gasteiger partial charge in [0, 0.05) is 12.8 Å². The van der Waals surface area contributed by atoms with E-state index in [-0.39, 0.29) is 0 Å². The Balaban J connectivity index is 3.08. The molecular weight excluding hydrogens is 150 g/mol. The van der Waals surface area contributed by atoms with E-state index in [9.17, 15) is 0 Å². The Bertz CT molecular complexity index is 235. The lowest BCUT2D eigenvalue weighted by atomic mass is 10.0. The van der Waals surface area contributed by atoms with Crippen LogP contribution in [0.3, 0.4) is 0 Å². The number of hydrogen-bond acceptors (Lipinski definition) is 2. The molecule has 1 heterocycles. The van der Waals surface area contributed by atoms with Crippen LogP contribution in [0.4, 0.5) is 0 Å². The summed E-state index contributed by atoms with van der Waals surface area (Å²) in [6, 6.07) is 0. The maximum absolute atomic E-state index is 5.53. The van der Waals surface area contributed by atoms with Crippen LogP contribution in [0.5, 0.6) is 0 Å². The normalized spacial score (nSPS) is 11.6. The SMILES string of the molecule is Cc1nc(C(C)C)c(C(C)C)o1. The van der Waals surface area contributed by atoms with E-state index in [2.05, 4.69) is 32.7 Å². The van der Waals surface area contributed by atoms with E-state index >= 15 is 0 Å². The molecule has 0 fully saturated rings. The fourth-order valence-electron chi connectivity index (χ4n) is 1.29. The number of hydrogen-bond donors (Lipinski definition) is 0. The smallest absolute Gasteiger partial charge is 0.191 e. The third kappa shape index (κ3) is 1.68. The highest BCUT2D eigenvalue weighted by Gasteiger charge is 2.16. The van der Waals surface area contributed by atoms with E-state index in [1.54, 1.807) is 0 Å². The monoisotopic (exact) mass is 167 g/mol. The molecule has 0 aliphatic carbocycles. The average molecular weight is 167 g/mol. The molecule has 0 saturated carbocycles. The summed E-state index contributed by atoms with van der Waals surface area (Å²) in [5, 5.41) is 0. The Kier molecular flexibility index (Phi) is 2.55. The molecule has 1 aromatic heterocycles. The molecule has 2 heteroatoms. The molecule has 0 atom stereocenters. The Labute approximate surface area is 74.0 Å². The lowest BCUT2D eigenvalue weighted by Crippen LogP contribution is -1.95. The number of nitrogens with zero attached hydrogens (tertiary/aromatic N) is 1. The summed E-state index contributed by atoms with van der Waals surface area (Å²) in [5.74, 6) is 2.72. The van der Waals surface area contributed by atoms with E-state index in [0.717, 1.165) is 17.3 Å². The van der Waals surface area contributed by atoms with Crippen LogP contribution in [0.1, 0.15) is 56.9 Å². The van der Waals surface area contributed by atoms with E-state index < -0.39 is 0 Å². The van der Waals surface area contributed by atoms with Crippen molar-refractivity contribution < 1.29 is 4.42 Å². The van der Waals surface area contributed by atoms with Gasteiger partial charge in [-0.2, -0.15) is 0 Å². The second-order valence-electron chi connectivity index (χ2n) is 3.79. The molecule has 0 N–H and O–H groups in total. The second kappa shape index (κ2) is 3.30. The lowest BCUT2D eigenvalue weighted by molar-refractivity contribution is 0.453. The first kappa shape index (κ1) is 9.30. The van der Waals surface area contributed by atoms with E-state index in [1.165, 1.54) is 0 Å². The van der Waals surface area contributed by atoms with Crippen LogP contribution < -0.4 is 0 Å². The summed E-state index contributed by atoms with van der Waals surface area (Å²) in [5.41, 5.74) is 1.11. The zero-order chi connectivity index (χ0) is 9.30. The number of rotatable bonds is 2. The van der Waals surface area contributed by atoms with Crippen molar-refractivity contribution in [1.82, 2.24) is 4.98 Å². The van der Waals surface area contributed by atoms with Crippen molar-refractivity contribution in [2.45, 2.75) is 46.5 Å². The fraction of sp³-hybridized carbons (Fsp3) is 0.700. The lowest BCUT2D eigenvalue weighted by Gasteiger charge is -2.05. The van der Waals surface area contributed by atoms with Crippen molar-refractivity contribution in [2.24, 2.45) is 0 Å². The zero-order valence-corrected chi connectivity index (χ0v) is 8.51. The summed E-state index contributed by atoms with van der Waals surface area (Å²) < 4.78 is 5.53. The Morgan fingerprint density at radius 3 is 2.00 bits per heavy atom. The van der Waals surface area contributed by atoms with Crippen molar-refractivity contribution in [1.29, 1.82) is 0 Å². The van der Waals surface area contributed by atoms with E-state index in [0.29, 0.717) is 11.8 Å². The topological polar surface area (TPSA) is 26.0 Å². The molecule has 0 unspecified atom stereocenters. The highest BCUT2D eigenvalue weighted by atomic mass is 16.4. The first-order valence-corrected chi connectivity index (χ1v) is 4.49. The van der Waals surface area contributed by atoms with Crippen molar-refractivity contribution >= 4 is 0 Å². The van der Waals surface area contributed by atoms with Crippen LogP contribution in [-0.2, 0) is 0 Å². The van der Waals surface area contributed by atoms with Gasteiger partial charge in [-0.05, 0) is 5.92 Å². The first-order valence-electron chi connectivity index (χ1n) is 4.49. The van der Waals surface area contributed by atoms with Gasteiger partial charge in [0.2, 0.25) is 0 Å². The van der Waals surface area contributed by atoms with Gasteiger partial charge in [-0.1, -0.05) is 27.7 Å². The van der Waals surface area contributed by atoms with Crippen molar-refractivity contribution in [3.8, 4) is 0 Å². The predicted octanol–water partition coefficient (Wildman–Crippen LogP) is 3.23. The molecule has 0 aliphatic heterocycles. The van der Waals surface area contributed by atoms with Crippen LogP contribution >= 0.6 is 0 Å². The summed E-state index contributed by atoms with van der Waals surface area (Å²) in [6.07, 6.45) is 0. The quantitative estimate of drug-likeness (QED) is 0.675. The van der Waals surface area contributed by atoms with Gasteiger partial charge in [-0.25, -0.2) is 4.98 Å². The van der Waals surface area contributed by atoms with Gasteiger partial charge in [0.1, 0.15) is 5.76 Å². The van der Waals surface area contributed by atoms with E-state index in [1.807, 2.05) is 6.92 Å². The minimum absolute atomic E-state index is 0.434. The second-order valence-corrected chi connectivity index (χ2v) is 3.79. The Hall–Kier alpha value is -0.790. The molecular formula is C10H17NO. The minimum atomic E-state index is 0.434. The van der Waals surface area contributed by atoms with Crippen LogP contribution in [0.2, 0.25) is 0 Å². The van der Waals surface area contributed by atoms with Crippen molar-refractivity contribution in [2.75, 3.05) is 0 Å². The molecule has 0 aliphatic rings. The fourth-order valence-corrected chi connectivity index (χ4v) is 1.29. The predicted molar refractivity (Wildman–Crippen MR) is 49.4 cm³/mol. The van der Waals surface area contributed by atoms with E-state index in [4.69, 9.17) is 4.42 Å². The molecule has 1 rings (SSSR count). The van der Waals surface area contributed by atoms with Gasteiger partial charge in [0.05, 0.1) is 5.69 Å². The van der Waals surface area contributed by atoms with Gasteiger partial charge in [-0.3, -0.25) is 0 Å². The molecule has 0 aromatic carbocycles. The van der Waals surface area contributed by atoms with Crippen LogP contribution in [0, 0.1) is 6.92 Å². The number of oxazole rings is 1. The zero-order valence-electron chi connectivity index (χ0n) is 8.51. The molecule has 0 bridgehead atoms. The van der Waals surface area contributed by atoms with Gasteiger partial charge in [-0.15, -0.1) is 0 Å². The molecule has 68 valence electrons. The van der Waals surface area contributed by atoms with Crippen molar-refractivity contribution in [3.05, 3.63) is 17.3 Å². The average Bonchev–Trinajstić information content (AvgIpc) is 2.31. The molecule has 1 aromatic rings. The summed E-state index contributed by atoms with van der Waals surface area (Å²) in [4.78, 5) is 4.36. The molecule has 0 spiro atoms. The highest BCUT2D eigenvalue weighted by Crippen LogP contribution is 2.25. The standard InChI is InChI=1S/C10H17NO/c1-6(2)9-10(7(3)4)12-8(5)11-9/h6-7H,1-5H3. The largest absolute Gasteiger partial charge is 0.445 e. The summed E-state index contributed by atoms with van der Waals surface area (Å²) >= 11 is 0. The molecule has 2 nitrogen and oxygen atoms in total. The van der Waals surface area contributed by atoms with Gasteiger partial charge >= 0.3 is 0 Å². The van der Waals surface area contributed by atoms with Gasteiger partial charge in [0.15, 0.2) is 5.89 Å². The van der Waals surface area contributed by atoms with Crippen LogP contribution in [-0.4, -0.2) is 4.98 Å².